The summed E-state index contributed by atoms with van der Waals surface area (Å²) >= 11 is 0. The van der Waals surface area contributed by atoms with Crippen molar-refractivity contribution >= 4 is 11.6 Å². The number of anilines is 1. The number of aryl methyl sites for hydroxylation is 2. The minimum Gasteiger partial charge on any atom is -0.372 e. The maximum absolute atomic E-state index is 10.8. The maximum Gasteiger partial charge on any atom is 0.217 e. The fourth-order valence-electron chi connectivity index (χ4n) is 2.22. The van der Waals surface area contributed by atoms with Crippen LogP contribution in [-0.2, 0) is 4.79 Å². The van der Waals surface area contributed by atoms with E-state index in [0.717, 1.165) is 25.9 Å². The Balaban J connectivity index is 2.73. The number of hydrogen-bond acceptors (Lipinski definition) is 2. The summed E-state index contributed by atoms with van der Waals surface area (Å²) in [5.74, 6) is -0.216. The van der Waals surface area contributed by atoms with E-state index in [1.165, 1.54) is 16.8 Å². The zero-order valence-electron chi connectivity index (χ0n) is 11.7. The number of carbonyl (C=O) groups is 1. The molecule has 0 saturated carbocycles. The van der Waals surface area contributed by atoms with Gasteiger partial charge in [-0.25, -0.2) is 0 Å². The molecule has 0 unspecified atom stereocenters. The third-order valence-electron chi connectivity index (χ3n) is 2.92. The summed E-state index contributed by atoms with van der Waals surface area (Å²) in [4.78, 5) is 13.1. The van der Waals surface area contributed by atoms with Crippen molar-refractivity contribution in [3.05, 3.63) is 29.3 Å². The second-order valence-electron chi connectivity index (χ2n) is 4.90. The lowest BCUT2D eigenvalue weighted by molar-refractivity contribution is -0.118. The highest BCUT2D eigenvalue weighted by Crippen LogP contribution is 2.19. The van der Waals surface area contributed by atoms with Gasteiger partial charge >= 0.3 is 0 Å². The van der Waals surface area contributed by atoms with Gasteiger partial charge in [-0.15, -0.1) is 0 Å². The molecular weight excluding hydrogens is 224 g/mol. The molecule has 1 amide bonds. The van der Waals surface area contributed by atoms with E-state index in [4.69, 9.17) is 5.73 Å². The Labute approximate surface area is 110 Å². The van der Waals surface area contributed by atoms with Crippen LogP contribution in [0.25, 0.3) is 0 Å². The van der Waals surface area contributed by atoms with Gasteiger partial charge in [-0.05, 0) is 49.9 Å². The third kappa shape index (κ3) is 4.78. The molecule has 3 nitrogen and oxygen atoms in total. The minimum absolute atomic E-state index is 0.216. The molecule has 2 N–H and O–H groups in total. The molecule has 100 valence electrons. The van der Waals surface area contributed by atoms with Gasteiger partial charge in [0.05, 0.1) is 0 Å². The fourth-order valence-corrected chi connectivity index (χ4v) is 2.22. The van der Waals surface area contributed by atoms with Gasteiger partial charge < -0.3 is 10.6 Å². The van der Waals surface area contributed by atoms with Crippen molar-refractivity contribution in [2.24, 2.45) is 5.73 Å². The number of hydrogen-bond donors (Lipinski definition) is 1. The van der Waals surface area contributed by atoms with Crippen LogP contribution in [0.3, 0.4) is 0 Å². The van der Waals surface area contributed by atoms with E-state index in [1.54, 1.807) is 0 Å². The van der Waals surface area contributed by atoms with Gasteiger partial charge in [-0.2, -0.15) is 0 Å². The second kappa shape index (κ2) is 7.04. The first-order valence-corrected chi connectivity index (χ1v) is 6.64. The number of rotatable bonds is 7. The lowest BCUT2D eigenvalue weighted by atomic mass is 10.1. The van der Waals surface area contributed by atoms with Gasteiger partial charge in [0.15, 0.2) is 0 Å². The molecule has 0 aliphatic heterocycles. The molecule has 0 spiro atoms. The zero-order valence-corrected chi connectivity index (χ0v) is 11.7. The lowest BCUT2D eigenvalue weighted by Crippen LogP contribution is -2.26. The lowest BCUT2D eigenvalue weighted by Gasteiger charge is -2.25. The molecule has 0 saturated heterocycles. The van der Waals surface area contributed by atoms with Crippen molar-refractivity contribution < 1.29 is 4.79 Å². The molecule has 0 aromatic heterocycles. The SMILES string of the molecule is CCCN(CCCC(N)=O)c1cc(C)cc(C)c1. The van der Waals surface area contributed by atoms with E-state index < -0.39 is 0 Å². The zero-order chi connectivity index (χ0) is 13.5. The molecule has 1 aromatic rings. The largest absolute Gasteiger partial charge is 0.372 e. The molecule has 1 rings (SSSR count). The van der Waals surface area contributed by atoms with E-state index in [9.17, 15) is 4.79 Å². The van der Waals surface area contributed by atoms with Crippen molar-refractivity contribution in [3.63, 3.8) is 0 Å². The molecule has 0 heterocycles. The molecular formula is C15H24N2O. The molecule has 1 aromatic carbocycles. The number of carbonyl (C=O) groups excluding carboxylic acids is 1. The van der Waals surface area contributed by atoms with E-state index in [1.807, 2.05) is 0 Å². The molecule has 0 atom stereocenters. The molecule has 0 radical (unpaired) electrons. The van der Waals surface area contributed by atoms with Gasteiger partial charge in [-0.3, -0.25) is 4.79 Å². The normalized spacial score (nSPS) is 10.4. The average molecular weight is 248 g/mol. The van der Waals surface area contributed by atoms with E-state index in [-0.39, 0.29) is 5.91 Å². The van der Waals surface area contributed by atoms with Gasteiger partial charge in [-0.1, -0.05) is 13.0 Å². The summed E-state index contributed by atoms with van der Waals surface area (Å²) in [6, 6.07) is 6.58. The Morgan fingerprint density at radius 3 is 2.28 bits per heavy atom. The summed E-state index contributed by atoms with van der Waals surface area (Å²) < 4.78 is 0. The van der Waals surface area contributed by atoms with Gasteiger partial charge in [0.2, 0.25) is 5.91 Å². The van der Waals surface area contributed by atoms with Crippen LogP contribution < -0.4 is 10.6 Å². The second-order valence-corrected chi connectivity index (χ2v) is 4.90. The Bertz CT molecular complexity index is 381. The van der Waals surface area contributed by atoms with E-state index >= 15 is 0 Å². The van der Waals surface area contributed by atoms with Crippen LogP contribution >= 0.6 is 0 Å². The summed E-state index contributed by atoms with van der Waals surface area (Å²) in [6.07, 6.45) is 2.39. The van der Waals surface area contributed by atoms with Crippen LogP contribution in [0, 0.1) is 13.8 Å². The monoisotopic (exact) mass is 248 g/mol. The van der Waals surface area contributed by atoms with Crippen molar-refractivity contribution in [1.29, 1.82) is 0 Å². The average Bonchev–Trinajstić information content (AvgIpc) is 2.26. The summed E-state index contributed by atoms with van der Waals surface area (Å²) in [7, 11) is 0. The smallest absolute Gasteiger partial charge is 0.217 e. The molecule has 0 fully saturated rings. The standard InChI is InChI=1S/C15H24N2O/c1-4-7-17(8-5-6-15(16)18)14-10-12(2)9-13(3)11-14/h9-11H,4-8H2,1-3H3,(H2,16,18). The molecule has 18 heavy (non-hydrogen) atoms. The Kier molecular flexibility index (Phi) is 5.69. The van der Waals surface area contributed by atoms with Crippen LogP contribution in [0.15, 0.2) is 18.2 Å². The third-order valence-corrected chi connectivity index (χ3v) is 2.92. The van der Waals surface area contributed by atoms with E-state index in [0.29, 0.717) is 6.42 Å². The number of primary amides is 1. The maximum atomic E-state index is 10.8. The molecule has 3 heteroatoms. The van der Waals surface area contributed by atoms with Crippen LogP contribution in [0.1, 0.15) is 37.3 Å². The highest BCUT2D eigenvalue weighted by molar-refractivity contribution is 5.73. The fraction of sp³-hybridized carbons (Fsp3) is 0.533. The van der Waals surface area contributed by atoms with Crippen LogP contribution in [-0.4, -0.2) is 19.0 Å². The summed E-state index contributed by atoms with van der Waals surface area (Å²) in [6.45, 7) is 8.30. The van der Waals surface area contributed by atoms with Gasteiger partial charge in [0, 0.05) is 25.2 Å². The highest BCUT2D eigenvalue weighted by Gasteiger charge is 2.07. The highest BCUT2D eigenvalue weighted by atomic mass is 16.1. The van der Waals surface area contributed by atoms with Gasteiger partial charge in [0.1, 0.15) is 0 Å². The van der Waals surface area contributed by atoms with Crippen LogP contribution in [0.5, 0.6) is 0 Å². The van der Waals surface area contributed by atoms with E-state index in [2.05, 4.69) is 43.9 Å². The van der Waals surface area contributed by atoms with Crippen molar-refractivity contribution in [2.75, 3.05) is 18.0 Å². The Morgan fingerprint density at radius 1 is 1.17 bits per heavy atom. The minimum atomic E-state index is -0.216. The van der Waals surface area contributed by atoms with Crippen molar-refractivity contribution in [2.45, 2.75) is 40.0 Å². The molecule has 0 bridgehead atoms. The van der Waals surface area contributed by atoms with Crippen molar-refractivity contribution in [1.82, 2.24) is 0 Å². The number of amides is 1. The first-order chi connectivity index (χ1) is 8.52. The van der Waals surface area contributed by atoms with Crippen LogP contribution in [0.4, 0.5) is 5.69 Å². The first kappa shape index (κ1) is 14.6. The van der Waals surface area contributed by atoms with Crippen molar-refractivity contribution in [3.8, 4) is 0 Å². The van der Waals surface area contributed by atoms with Gasteiger partial charge in [0.25, 0.3) is 0 Å². The summed E-state index contributed by atoms with van der Waals surface area (Å²) in [5, 5.41) is 0. The first-order valence-electron chi connectivity index (χ1n) is 6.64. The predicted molar refractivity (Wildman–Crippen MR) is 76.8 cm³/mol. The Morgan fingerprint density at radius 2 is 1.78 bits per heavy atom. The summed E-state index contributed by atoms with van der Waals surface area (Å²) in [5.41, 5.74) is 8.99. The predicted octanol–water partition coefficient (Wildman–Crippen LogP) is 2.79. The Hall–Kier alpha value is -1.51. The number of nitrogens with zero attached hydrogens (tertiary/aromatic N) is 1. The topological polar surface area (TPSA) is 46.3 Å². The molecule has 0 aliphatic rings. The quantitative estimate of drug-likeness (QED) is 0.806. The molecule has 0 aliphatic carbocycles. The van der Waals surface area contributed by atoms with Crippen LogP contribution in [0.2, 0.25) is 0 Å². The number of benzene rings is 1. The number of nitrogens with two attached hydrogens (primary N) is 1.